The van der Waals surface area contributed by atoms with Gasteiger partial charge >= 0.3 is 0 Å². The molecule has 1 aromatic heterocycles. The summed E-state index contributed by atoms with van der Waals surface area (Å²) in [5.74, 6) is 0.752. The first kappa shape index (κ1) is 13.0. The van der Waals surface area contributed by atoms with Gasteiger partial charge in [-0.05, 0) is 17.7 Å². The Morgan fingerprint density at radius 1 is 1.00 bits per heavy atom. The van der Waals surface area contributed by atoms with Crippen molar-refractivity contribution in [3.8, 4) is 0 Å². The molecule has 0 unspecified atom stereocenters. The largest absolute Gasteiger partial charge is 0.350 e. The number of rotatable bonds is 5. The first-order chi connectivity index (χ1) is 9.81. The number of Topliss-reactive ketones (excluding diaryl/α,β-unsaturated/α-hetero) is 1. The lowest BCUT2D eigenvalue weighted by Crippen LogP contribution is -2.05. The number of ketones is 1. The van der Waals surface area contributed by atoms with E-state index in [1.165, 1.54) is 5.39 Å². The van der Waals surface area contributed by atoms with Crippen LogP contribution < -0.4 is 0 Å². The van der Waals surface area contributed by atoms with E-state index in [0.29, 0.717) is 12.2 Å². The van der Waals surface area contributed by atoms with Gasteiger partial charge in [-0.2, -0.15) is 0 Å². The molecule has 0 aliphatic rings. The van der Waals surface area contributed by atoms with Crippen LogP contribution in [0, 0.1) is 0 Å². The molecule has 0 fully saturated rings. The van der Waals surface area contributed by atoms with Crippen molar-refractivity contribution in [3.05, 3.63) is 66.2 Å². The molecule has 1 heterocycles. The van der Waals surface area contributed by atoms with Crippen LogP contribution >= 0.6 is 11.8 Å². The molecule has 0 radical (unpaired) electrons. The highest BCUT2D eigenvalue weighted by Crippen LogP contribution is 2.23. The predicted octanol–water partition coefficient (Wildman–Crippen LogP) is 4.07. The summed E-state index contributed by atoms with van der Waals surface area (Å²) in [7, 11) is 0. The second kappa shape index (κ2) is 5.97. The van der Waals surface area contributed by atoms with E-state index in [-0.39, 0.29) is 5.78 Å². The van der Waals surface area contributed by atoms with Gasteiger partial charge < -0.3 is 4.98 Å². The molecule has 0 aliphatic carbocycles. The second-order valence-corrected chi connectivity index (χ2v) is 5.73. The first-order valence-corrected chi connectivity index (χ1v) is 7.56. The van der Waals surface area contributed by atoms with Gasteiger partial charge in [-0.3, -0.25) is 4.79 Å². The molecule has 0 spiro atoms. The van der Waals surface area contributed by atoms with Crippen molar-refractivity contribution in [3.63, 3.8) is 0 Å². The Morgan fingerprint density at radius 3 is 2.55 bits per heavy atom. The maximum absolute atomic E-state index is 12.0. The molecule has 3 heteroatoms. The van der Waals surface area contributed by atoms with Crippen LogP contribution in [0.4, 0.5) is 0 Å². The number of benzene rings is 2. The van der Waals surface area contributed by atoms with Crippen LogP contribution in [-0.2, 0) is 11.2 Å². The molecule has 100 valence electrons. The number of hydrogen-bond donors (Lipinski definition) is 1. The van der Waals surface area contributed by atoms with Gasteiger partial charge in [-0.25, -0.2) is 0 Å². The Bertz CT molecular complexity index is 685. The van der Waals surface area contributed by atoms with Gasteiger partial charge in [-0.1, -0.05) is 48.5 Å². The fourth-order valence-corrected chi connectivity index (χ4v) is 2.97. The first-order valence-electron chi connectivity index (χ1n) is 6.57. The molecule has 3 rings (SSSR count). The molecule has 0 bridgehead atoms. The number of carbonyl (C=O) groups is 1. The van der Waals surface area contributed by atoms with Crippen LogP contribution in [0.25, 0.3) is 10.9 Å². The van der Waals surface area contributed by atoms with E-state index in [0.717, 1.165) is 16.1 Å². The number of H-pyrrole nitrogens is 1. The molecule has 0 amide bonds. The summed E-state index contributed by atoms with van der Waals surface area (Å²) in [6, 6.07) is 20.1. The monoisotopic (exact) mass is 281 g/mol. The Kier molecular flexibility index (Phi) is 3.88. The minimum Gasteiger partial charge on any atom is -0.350 e. The summed E-state index contributed by atoms with van der Waals surface area (Å²) in [6.07, 6.45) is 0.508. The van der Waals surface area contributed by atoms with E-state index in [4.69, 9.17) is 0 Å². The summed E-state index contributed by atoms with van der Waals surface area (Å²) in [4.78, 5) is 15.3. The zero-order chi connectivity index (χ0) is 13.8. The van der Waals surface area contributed by atoms with Crippen LogP contribution in [0.5, 0.6) is 0 Å². The van der Waals surface area contributed by atoms with Crippen molar-refractivity contribution < 1.29 is 4.79 Å². The lowest BCUT2D eigenvalue weighted by Gasteiger charge is -2.00. The minimum atomic E-state index is 0.250. The zero-order valence-electron chi connectivity index (χ0n) is 11.0. The van der Waals surface area contributed by atoms with E-state index in [1.54, 1.807) is 11.8 Å². The fourth-order valence-electron chi connectivity index (χ4n) is 2.16. The molecule has 0 saturated heterocycles. The van der Waals surface area contributed by atoms with Crippen LogP contribution in [0.2, 0.25) is 0 Å². The van der Waals surface area contributed by atoms with Gasteiger partial charge in [0.2, 0.25) is 0 Å². The molecule has 0 aliphatic heterocycles. The molecule has 0 atom stereocenters. The smallest absolute Gasteiger partial charge is 0.147 e. The van der Waals surface area contributed by atoms with E-state index in [9.17, 15) is 4.79 Å². The summed E-state index contributed by atoms with van der Waals surface area (Å²) in [5, 5.41) is 2.23. The standard InChI is InChI=1S/C17H15NOS/c19-15(10-13-6-2-1-3-7-13)12-20-17-11-14-8-4-5-9-16(14)18-17/h1-9,11,18H,10,12H2. The van der Waals surface area contributed by atoms with Gasteiger partial charge in [0.05, 0.1) is 10.8 Å². The van der Waals surface area contributed by atoms with Gasteiger partial charge in [0, 0.05) is 17.3 Å². The van der Waals surface area contributed by atoms with Crippen molar-refractivity contribution in [1.29, 1.82) is 0 Å². The SMILES string of the molecule is O=C(CSc1cc2ccccc2[nH]1)Cc1ccccc1. The summed E-state index contributed by atoms with van der Waals surface area (Å²) in [5.41, 5.74) is 2.19. The van der Waals surface area contributed by atoms with Crippen LogP contribution in [0.1, 0.15) is 5.56 Å². The minimum absolute atomic E-state index is 0.250. The Balaban J connectivity index is 1.60. The van der Waals surface area contributed by atoms with Crippen LogP contribution in [-0.4, -0.2) is 16.5 Å². The quantitative estimate of drug-likeness (QED) is 0.715. The van der Waals surface area contributed by atoms with Gasteiger partial charge in [0.15, 0.2) is 0 Å². The molecular formula is C17H15NOS. The Morgan fingerprint density at radius 2 is 1.75 bits per heavy atom. The number of para-hydroxylation sites is 1. The lowest BCUT2D eigenvalue weighted by atomic mass is 10.1. The van der Waals surface area contributed by atoms with Crippen LogP contribution in [0.3, 0.4) is 0 Å². The number of thioether (sulfide) groups is 1. The Hall–Kier alpha value is -2.00. The van der Waals surface area contributed by atoms with Crippen molar-refractivity contribution in [1.82, 2.24) is 4.98 Å². The summed E-state index contributed by atoms with van der Waals surface area (Å²) in [6.45, 7) is 0. The molecular weight excluding hydrogens is 266 g/mol. The summed E-state index contributed by atoms with van der Waals surface area (Å²) >= 11 is 1.57. The molecule has 20 heavy (non-hydrogen) atoms. The lowest BCUT2D eigenvalue weighted by molar-refractivity contribution is -0.116. The number of fused-ring (bicyclic) bond motifs is 1. The van der Waals surface area contributed by atoms with Crippen molar-refractivity contribution >= 4 is 28.4 Å². The van der Waals surface area contributed by atoms with Crippen LogP contribution in [0.15, 0.2) is 65.7 Å². The van der Waals surface area contributed by atoms with Gasteiger partial charge in [0.25, 0.3) is 0 Å². The normalized spacial score (nSPS) is 10.8. The number of aromatic nitrogens is 1. The van der Waals surface area contributed by atoms with Crippen molar-refractivity contribution in [2.75, 3.05) is 5.75 Å². The maximum atomic E-state index is 12.0. The zero-order valence-corrected chi connectivity index (χ0v) is 11.8. The second-order valence-electron chi connectivity index (χ2n) is 4.71. The average molecular weight is 281 g/mol. The highest BCUT2D eigenvalue weighted by molar-refractivity contribution is 7.99. The third-order valence-corrected chi connectivity index (χ3v) is 4.14. The summed E-state index contributed by atoms with van der Waals surface area (Å²) < 4.78 is 0. The van der Waals surface area contributed by atoms with E-state index >= 15 is 0 Å². The number of aromatic amines is 1. The van der Waals surface area contributed by atoms with Crippen molar-refractivity contribution in [2.24, 2.45) is 0 Å². The van der Waals surface area contributed by atoms with E-state index in [2.05, 4.69) is 17.1 Å². The van der Waals surface area contributed by atoms with Gasteiger partial charge in [0.1, 0.15) is 5.78 Å². The van der Waals surface area contributed by atoms with E-state index in [1.807, 2.05) is 48.5 Å². The molecule has 2 nitrogen and oxygen atoms in total. The number of carbonyl (C=O) groups excluding carboxylic acids is 1. The fraction of sp³-hybridized carbons (Fsp3) is 0.118. The van der Waals surface area contributed by atoms with Gasteiger partial charge in [-0.15, -0.1) is 11.8 Å². The highest BCUT2D eigenvalue weighted by atomic mass is 32.2. The maximum Gasteiger partial charge on any atom is 0.147 e. The number of hydrogen-bond acceptors (Lipinski definition) is 2. The molecule has 0 saturated carbocycles. The molecule has 2 aromatic carbocycles. The topological polar surface area (TPSA) is 32.9 Å². The number of nitrogens with one attached hydrogen (secondary N) is 1. The third-order valence-electron chi connectivity index (χ3n) is 3.14. The Labute approximate surface area is 122 Å². The predicted molar refractivity (Wildman–Crippen MR) is 84.2 cm³/mol. The van der Waals surface area contributed by atoms with E-state index < -0.39 is 0 Å². The van der Waals surface area contributed by atoms with Crippen molar-refractivity contribution in [2.45, 2.75) is 11.4 Å². The average Bonchev–Trinajstić information content (AvgIpc) is 2.89. The molecule has 1 N–H and O–H groups in total. The molecule has 3 aromatic rings. The third kappa shape index (κ3) is 3.11. The highest BCUT2D eigenvalue weighted by Gasteiger charge is 2.06.